The number of rotatable bonds is 5. The Morgan fingerprint density at radius 1 is 1.14 bits per heavy atom. The number of esters is 2. The Labute approximate surface area is 171 Å². The van der Waals surface area contributed by atoms with Crippen LogP contribution in [0.15, 0.2) is 57.6 Å². The van der Waals surface area contributed by atoms with Gasteiger partial charge in [-0.1, -0.05) is 35.8 Å². The van der Waals surface area contributed by atoms with Crippen molar-refractivity contribution in [2.45, 2.75) is 13.8 Å². The number of ether oxygens (including phenoxy) is 3. The van der Waals surface area contributed by atoms with E-state index < -0.39 is 5.97 Å². The number of benzene rings is 2. The SMILES string of the molecule is COc1ccc(/C=C2\N=C(c3ccc(Br)cc3)OC2=O)cc1OC(=O)C(C)C. The largest absolute Gasteiger partial charge is 0.493 e. The molecule has 0 spiro atoms. The van der Waals surface area contributed by atoms with Gasteiger partial charge < -0.3 is 14.2 Å². The minimum Gasteiger partial charge on any atom is -0.493 e. The van der Waals surface area contributed by atoms with Gasteiger partial charge in [0.25, 0.3) is 0 Å². The number of carbonyl (C=O) groups excluding carboxylic acids is 2. The first-order valence-electron chi connectivity index (χ1n) is 8.55. The zero-order valence-corrected chi connectivity index (χ0v) is 17.1. The molecule has 144 valence electrons. The minimum absolute atomic E-state index is 0.157. The molecule has 0 saturated carbocycles. The first-order chi connectivity index (χ1) is 13.4. The van der Waals surface area contributed by atoms with Gasteiger partial charge in [-0.15, -0.1) is 0 Å². The summed E-state index contributed by atoms with van der Waals surface area (Å²) >= 11 is 3.36. The van der Waals surface area contributed by atoms with Gasteiger partial charge >= 0.3 is 11.9 Å². The molecule has 0 bridgehead atoms. The van der Waals surface area contributed by atoms with Crippen LogP contribution in [-0.2, 0) is 14.3 Å². The highest BCUT2D eigenvalue weighted by Gasteiger charge is 2.24. The van der Waals surface area contributed by atoms with Gasteiger partial charge in [-0.05, 0) is 48.0 Å². The first kappa shape index (κ1) is 19.8. The lowest BCUT2D eigenvalue weighted by Gasteiger charge is -2.11. The van der Waals surface area contributed by atoms with E-state index in [4.69, 9.17) is 14.2 Å². The monoisotopic (exact) mass is 443 g/mol. The van der Waals surface area contributed by atoms with Crippen LogP contribution in [0, 0.1) is 5.92 Å². The smallest absolute Gasteiger partial charge is 0.363 e. The van der Waals surface area contributed by atoms with E-state index in [-0.39, 0.29) is 29.2 Å². The molecule has 0 fully saturated rings. The van der Waals surface area contributed by atoms with Crippen molar-refractivity contribution in [3.05, 3.63) is 63.8 Å². The Morgan fingerprint density at radius 3 is 2.50 bits per heavy atom. The summed E-state index contributed by atoms with van der Waals surface area (Å²) in [6, 6.07) is 12.3. The third kappa shape index (κ3) is 4.48. The van der Waals surface area contributed by atoms with Crippen LogP contribution in [-0.4, -0.2) is 24.9 Å². The maximum Gasteiger partial charge on any atom is 0.363 e. The van der Waals surface area contributed by atoms with Crippen LogP contribution >= 0.6 is 15.9 Å². The molecule has 0 aromatic heterocycles. The van der Waals surface area contributed by atoms with Crippen molar-refractivity contribution < 1.29 is 23.8 Å². The maximum absolute atomic E-state index is 12.2. The Kier molecular flexibility index (Phi) is 5.94. The Bertz CT molecular complexity index is 977. The molecular formula is C21H18BrNO5. The second-order valence-corrected chi connectivity index (χ2v) is 7.24. The molecule has 0 radical (unpaired) electrons. The van der Waals surface area contributed by atoms with E-state index in [1.54, 1.807) is 50.3 Å². The zero-order valence-electron chi connectivity index (χ0n) is 15.6. The lowest BCUT2D eigenvalue weighted by molar-refractivity contribution is -0.137. The van der Waals surface area contributed by atoms with E-state index in [2.05, 4.69) is 20.9 Å². The number of hydrogen-bond acceptors (Lipinski definition) is 6. The molecular weight excluding hydrogens is 426 g/mol. The Hall–Kier alpha value is -2.93. The van der Waals surface area contributed by atoms with Gasteiger partial charge in [-0.2, -0.15) is 0 Å². The van der Waals surface area contributed by atoms with Gasteiger partial charge in [0.1, 0.15) is 0 Å². The summed E-state index contributed by atoms with van der Waals surface area (Å²) < 4.78 is 16.8. The summed E-state index contributed by atoms with van der Waals surface area (Å²) in [4.78, 5) is 28.4. The van der Waals surface area contributed by atoms with E-state index in [1.165, 1.54) is 7.11 Å². The van der Waals surface area contributed by atoms with E-state index in [1.807, 2.05) is 12.1 Å². The van der Waals surface area contributed by atoms with Crippen LogP contribution < -0.4 is 9.47 Å². The van der Waals surface area contributed by atoms with Crippen molar-refractivity contribution in [2.24, 2.45) is 10.9 Å². The molecule has 2 aromatic rings. The van der Waals surface area contributed by atoms with E-state index in [9.17, 15) is 9.59 Å². The fourth-order valence-corrected chi connectivity index (χ4v) is 2.64. The highest BCUT2D eigenvalue weighted by atomic mass is 79.9. The lowest BCUT2D eigenvalue weighted by atomic mass is 10.1. The average molecular weight is 444 g/mol. The predicted molar refractivity (Wildman–Crippen MR) is 108 cm³/mol. The first-order valence-corrected chi connectivity index (χ1v) is 9.35. The molecule has 1 aliphatic rings. The third-order valence-electron chi connectivity index (χ3n) is 3.88. The Balaban J connectivity index is 1.90. The van der Waals surface area contributed by atoms with Crippen LogP contribution in [0.1, 0.15) is 25.0 Å². The topological polar surface area (TPSA) is 74.2 Å². The fraction of sp³-hybridized carbons (Fsp3) is 0.190. The molecule has 1 heterocycles. The highest BCUT2D eigenvalue weighted by Crippen LogP contribution is 2.30. The van der Waals surface area contributed by atoms with Crippen molar-refractivity contribution in [1.82, 2.24) is 0 Å². The Morgan fingerprint density at radius 2 is 1.86 bits per heavy atom. The van der Waals surface area contributed by atoms with Crippen LogP contribution in [0.3, 0.4) is 0 Å². The molecule has 0 saturated heterocycles. The molecule has 2 aromatic carbocycles. The molecule has 28 heavy (non-hydrogen) atoms. The van der Waals surface area contributed by atoms with Gasteiger partial charge in [-0.25, -0.2) is 9.79 Å². The van der Waals surface area contributed by atoms with E-state index in [0.717, 1.165) is 4.47 Å². The van der Waals surface area contributed by atoms with Crippen molar-refractivity contribution in [3.63, 3.8) is 0 Å². The number of halogens is 1. The molecule has 0 unspecified atom stereocenters. The van der Waals surface area contributed by atoms with Crippen molar-refractivity contribution >= 4 is 39.8 Å². The van der Waals surface area contributed by atoms with Crippen LogP contribution in [0.5, 0.6) is 11.5 Å². The number of nitrogens with zero attached hydrogens (tertiary/aromatic N) is 1. The number of cyclic esters (lactones) is 1. The quantitative estimate of drug-likeness (QED) is 0.389. The van der Waals surface area contributed by atoms with Gasteiger partial charge in [-0.3, -0.25) is 4.79 Å². The molecule has 0 amide bonds. The summed E-state index contributed by atoms with van der Waals surface area (Å²) in [6.45, 7) is 3.49. The van der Waals surface area contributed by atoms with Gasteiger partial charge in [0.15, 0.2) is 17.2 Å². The molecule has 6 nitrogen and oxygen atoms in total. The second kappa shape index (κ2) is 8.39. The van der Waals surface area contributed by atoms with Crippen molar-refractivity contribution in [2.75, 3.05) is 7.11 Å². The van der Waals surface area contributed by atoms with Crippen LogP contribution in [0.4, 0.5) is 0 Å². The minimum atomic E-state index is -0.547. The van der Waals surface area contributed by atoms with Gasteiger partial charge in [0.2, 0.25) is 5.90 Å². The average Bonchev–Trinajstić information content (AvgIpc) is 3.03. The second-order valence-electron chi connectivity index (χ2n) is 6.33. The summed E-state index contributed by atoms with van der Waals surface area (Å²) in [6.07, 6.45) is 1.57. The predicted octanol–water partition coefficient (Wildman–Crippen LogP) is 4.36. The standard InChI is InChI=1S/C21H18BrNO5/c1-12(2)20(24)27-18-11-13(4-9-17(18)26-3)10-16-21(25)28-19(23-16)14-5-7-15(22)8-6-14/h4-12H,1-3H3/b16-10-. The van der Waals surface area contributed by atoms with Crippen molar-refractivity contribution in [1.29, 1.82) is 0 Å². The van der Waals surface area contributed by atoms with Gasteiger partial charge in [0, 0.05) is 10.0 Å². The molecule has 1 aliphatic heterocycles. The summed E-state index contributed by atoms with van der Waals surface area (Å²) in [7, 11) is 1.49. The molecule has 3 rings (SSSR count). The maximum atomic E-state index is 12.2. The van der Waals surface area contributed by atoms with Crippen LogP contribution in [0.25, 0.3) is 6.08 Å². The normalized spacial score (nSPS) is 14.8. The van der Waals surface area contributed by atoms with Crippen LogP contribution in [0.2, 0.25) is 0 Å². The van der Waals surface area contributed by atoms with E-state index in [0.29, 0.717) is 16.9 Å². The number of hydrogen-bond donors (Lipinski definition) is 0. The molecule has 7 heteroatoms. The van der Waals surface area contributed by atoms with Gasteiger partial charge in [0.05, 0.1) is 13.0 Å². The van der Waals surface area contributed by atoms with Crippen molar-refractivity contribution in [3.8, 4) is 11.5 Å². The summed E-state index contributed by atoms with van der Waals surface area (Å²) in [5.74, 6) is -0.269. The summed E-state index contributed by atoms with van der Waals surface area (Å²) in [5.41, 5.74) is 1.48. The molecule has 0 atom stereocenters. The lowest BCUT2D eigenvalue weighted by Crippen LogP contribution is -2.15. The number of carbonyl (C=O) groups is 2. The highest BCUT2D eigenvalue weighted by molar-refractivity contribution is 9.10. The molecule has 0 aliphatic carbocycles. The zero-order chi connectivity index (χ0) is 20.3. The summed E-state index contributed by atoms with van der Waals surface area (Å²) in [5, 5.41) is 0. The number of aliphatic imine (C=N–C) groups is 1. The number of methoxy groups -OCH3 is 1. The molecule has 0 N–H and O–H groups in total. The fourth-order valence-electron chi connectivity index (χ4n) is 2.37. The van der Waals surface area contributed by atoms with E-state index >= 15 is 0 Å². The third-order valence-corrected chi connectivity index (χ3v) is 4.41.